The summed E-state index contributed by atoms with van der Waals surface area (Å²) in [5, 5.41) is 17.8. The molecule has 0 bridgehead atoms. The summed E-state index contributed by atoms with van der Waals surface area (Å²) in [5.74, 6) is -0.242. The molecule has 3 heteroatoms. The first-order chi connectivity index (χ1) is 9.19. The molecule has 19 heavy (non-hydrogen) atoms. The third-order valence-corrected chi connectivity index (χ3v) is 4.06. The number of carboxylic acid groups (broad SMARTS) is 1. The zero-order valence-corrected chi connectivity index (χ0v) is 11.0. The van der Waals surface area contributed by atoms with E-state index in [9.17, 15) is 4.79 Å². The van der Waals surface area contributed by atoms with E-state index in [0.29, 0.717) is 11.5 Å². The zero-order valence-electron chi connectivity index (χ0n) is 11.0. The van der Waals surface area contributed by atoms with Gasteiger partial charge < -0.3 is 5.11 Å². The topological polar surface area (TPSA) is 61.1 Å². The van der Waals surface area contributed by atoms with Crippen LogP contribution in [0.4, 0.5) is 0 Å². The highest BCUT2D eigenvalue weighted by Crippen LogP contribution is 2.32. The average Bonchev–Trinajstić information content (AvgIpc) is 2.46. The summed E-state index contributed by atoms with van der Waals surface area (Å²) in [6.45, 7) is 0. The lowest BCUT2D eigenvalue weighted by Gasteiger charge is -2.26. The van der Waals surface area contributed by atoms with Gasteiger partial charge in [0, 0.05) is 0 Å². The van der Waals surface area contributed by atoms with Gasteiger partial charge in [-0.15, -0.1) is 0 Å². The zero-order chi connectivity index (χ0) is 13.7. The third kappa shape index (κ3) is 3.82. The molecular weight excluding hydrogens is 238 g/mol. The third-order valence-electron chi connectivity index (χ3n) is 4.06. The van der Waals surface area contributed by atoms with E-state index in [-0.39, 0.29) is 5.92 Å². The fourth-order valence-corrected chi connectivity index (χ4v) is 2.89. The summed E-state index contributed by atoms with van der Waals surface area (Å²) >= 11 is 0. The van der Waals surface area contributed by atoms with E-state index >= 15 is 0 Å². The smallest absolute Gasteiger partial charge is 0.306 e. The van der Waals surface area contributed by atoms with Gasteiger partial charge in [0.15, 0.2) is 0 Å². The Morgan fingerprint density at radius 2 is 2.05 bits per heavy atom. The number of rotatable bonds is 4. The Bertz CT molecular complexity index is 473. The monoisotopic (exact) mass is 257 g/mol. The van der Waals surface area contributed by atoms with Gasteiger partial charge in [-0.1, -0.05) is 25.0 Å². The molecule has 1 saturated carbocycles. The molecule has 1 aromatic carbocycles. The van der Waals surface area contributed by atoms with E-state index in [0.717, 1.165) is 38.5 Å². The highest BCUT2D eigenvalue weighted by Gasteiger charge is 2.26. The SMILES string of the molecule is N#Cc1ccc(CCC2CCC[C@H](C(=O)O)C2)cc1. The van der Waals surface area contributed by atoms with Crippen molar-refractivity contribution in [2.24, 2.45) is 11.8 Å². The first-order valence-corrected chi connectivity index (χ1v) is 6.91. The van der Waals surface area contributed by atoms with Crippen LogP contribution in [0.5, 0.6) is 0 Å². The van der Waals surface area contributed by atoms with Gasteiger partial charge in [-0.25, -0.2) is 0 Å². The summed E-state index contributed by atoms with van der Waals surface area (Å²) in [5.41, 5.74) is 1.92. The Hall–Kier alpha value is -1.82. The van der Waals surface area contributed by atoms with E-state index in [2.05, 4.69) is 6.07 Å². The van der Waals surface area contributed by atoms with E-state index in [1.54, 1.807) is 0 Å². The van der Waals surface area contributed by atoms with Crippen LogP contribution in [0.15, 0.2) is 24.3 Å². The summed E-state index contributed by atoms with van der Waals surface area (Å²) < 4.78 is 0. The van der Waals surface area contributed by atoms with Crippen LogP contribution >= 0.6 is 0 Å². The van der Waals surface area contributed by atoms with Crippen molar-refractivity contribution in [3.63, 3.8) is 0 Å². The Balaban J connectivity index is 1.84. The van der Waals surface area contributed by atoms with Gasteiger partial charge in [-0.3, -0.25) is 4.79 Å². The lowest BCUT2D eigenvalue weighted by atomic mass is 9.79. The number of aliphatic carboxylic acids is 1. The van der Waals surface area contributed by atoms with Gasteiger partial charge in [0.05, 0.1) is 17.6 Å². The number of carbonyl (C=O) groups is 1. The number of nitrogens with zero attached hydrogens (tertiary/aromatic N) is 1. The second-order valence-electron chi connectivity index (χ2n) is 5.42. The van der Waals surface area contributed by atoms with Crippen LogP contribution < -0.4 is 0 Å². The van der Waals surface area contributed by atoms with Crippen LogP contribution in [0.3, 0.4) is 0 Å². The van der Waals surface area contributed by atoms with Gasteiger partial charge >= 0.3 is 5.97 Å². The summed E-state index contributed by atoms with van der Waals surface area (Å²) in [7, 11) is 0. The lowest BCUT2D eigenvalue weighted by Crippen LogP contribution is -2.22. The number of aryl methyl sites for hydroxylation is 1. The van der Waals surface area contributed by atoms with Crippen molar-refractivity contribution >= 4 is 5.97 Å². The van der Waals surface area contributed by atoms with Crippen LogP contribution in [0.2, 0.25) is 0 Å². The van der Waals surface area contributed by atoms with Gasteiger partial charge in [0.25, 0.3) is 0 Å². The van der Waals surface area contributed by atoms with Gasteiger partial charge in [0.2, 0.25) is 0 Å². The predicted molar refractivity (Wildman–Crippen MR) is 72.6 cm³/mol. The minimum Gasteiger partial charge on any atom is -0.481 e. The van der Waals surface area contributed by atoms with E-state index in [1.807, 2.05) is 24.3 Å². The molecule has 0 spiro atoms. The van der Waals surface area contributed by atoms with Crippen molar-refractivity contribution in [2.45, 2.75) is 38.5 Å². The maximum atomic E-state index is 11.0. The first kappa shape index (κ1) is 13.6. The van der Waals surface area contributed by atoms with Crippen molar-refractivity contribution in [2.75, 3.05) is 0 Å². The largest absolute Gasteiger partial charge is 0.481 e. The minimum absolute atomic E-state index is 0.139. The molecule has 1 aliphatic rings. The molecule has 0 aromatic heterocycles. The summed E-state index contributed by atoms with van der Waals surface area (Å²) in [4.78, 5) is 11.0. The fourth-order valence-electron chi connectivity index (χ4n) is 2.89. The Morgan fingerprint density at radius 1 is 1.32 bits per heavy atom. The Labute approximate surface area is 113 Å². The number of nitriles is 1. The predicted octanol–water partition coefficient (Wildman–Crippen LogP) is 3.38. The molecule has 1 N–H and O–H groups in total. The van der Waals surface area contributed by atoms with Crippen LogP contribution in [0.25, 0.3) is 0 Å². The van der Waals surface area contributed by atoms with Crippen molar-refractivity contribution in [1.29, 1.82) is 5.26 Å². The molecule has 1 unspecified atom stereocenters. The van der Waals surface area contributed by atoms with E-state index < -0.39 is 5.97 Å². The Morgan fingerprint density at radius 3 is 2.68 bits per heavy atom. The number of hydrogen-bond donors (Lipinski definition) is 1. The molecule has 0 radical (unpaired) electrons. The van der Waals surface area contributed by atoms with Crippen LogP contribution in [0.1, 0.15) is 43.2 Å². The second kappa shape index (κ2) is 6.38. The second-order valence-corrected chi connectivity index (χ2v) is 5.42. The lowest BCUT2D eigenvalue weighted by molar-refractivity contribution is -0.143. The maximum absolute atomic E-state index is 11.0. The molecular formula is C16H19NO2. The number of hydrogen-bond acceptors (Lipinski definition) is 2. The van der Waals surface area contributed by atoms with Gasteiger partial charge in [-0.2, -0.15) is 5.26 Å². The van der Waals surface area contributed by atoms with Crippen molar-refractivity contribution in [3.05, 3.63) is 35.4 Å². The summed E-state index contributed by atoms with van der Waals surface area (Å²) in [6, 6.07) is 9.79. The van der Waals surface area contributed by atoms with Gasteiger partial charge in [-0.05, 0) is 49.3 Å². The van der Waals surface area contributed by atoms with Crippen LogP contribution in [0, 0.1) is 23.2 Å². The van der Waals surface area contributed by atoms with Crippen molar-refractivity contribution in [1.82, 2.24) is 0 Å². The van der Waals surface area contributed by atoms with Crippen molar-refractivity contribution in [3.8, 4) is 6.07 Å². The number of carboxylic acids is 1. The molecule has 100 valence electrons. The first-order valence-electron chi connectivity index (χ1n) is 6.91. The molecule has 3 nitrogen and oxygen atoms in total. The van der Waals surface area contributed by atoms with Crippen LogP contribution in [-0.2, 0) is 11.2 Å². The molecule has 1 aromatic rings. The minimum atomic E-state index is -0.636. The molecule has 0 amide bonds. The molecule has 0 aliphatic heterocycles. The highest BCUT2D eigenvalue weighted by molar-refractivity contribution is 5.70. The quantitative estimate of drug-likeness (QED) is 0.899. The fraction of sp³-hybridized carbons (Fsp3) is 0.500. The summed E-state index contributed by atoms with van der Waals surface area (Å²) in [6.07, 6.45) is 5.88. The van der Waals surface area contributed by atoms with Crippen LogP contribution in [-0.4, -0.2) is 11.1 Å². The standard InChI is InChI=1S/C16H19NO2/c17-11-14-8-5-12(6-9-14)4-7-13-2-1-3-15(10-13)16(18)19/h5-6,8-9,13,15H,1-4,7,10H2,(H,18,19)/t13?,15-/m0/s1. The van der Waals surface area contributed by atoms with Gasteiger partial charge in [0.1, 0.15) is 0 Å². The molecule has 0 heterocycles. The highest BCUT2D eigenvalue weighted by atomic mass is 16.4. The normalized spacial score (nSPS) is 22.7. The van der Waals surface area contributed by atoms with E-state index in [4.69, 9.17) is 10.4 Å². The molecule has 1 aliphatic carbocycles. The Kier molecular flexibility index (Phi) is 4.57. The average molecular weight is 257 g/mol. The number of benzene rings is 1. The molecule has 1 fully saturated rings. The van der Waals surface area contributed by atoms with Crippen molar-refractivity contribution < 1.29 is 9.90 Å². The molecule has 0 saturated heterocycles. The molecule has 2 atom stereocenters. The van der Waals surface area contributed by atoms with E-state index in [1.165, 1.54) is 5.56 Å². The maximum Gasteiger partial charge on any atom is 0.306 e. The molecule has 2 rings (SSSR count).